The fourth-order valence-electron chi connectivity index (χ4n) is 3.07. The second kappa shape index (κ2) is 8.96. The third-order valence-electron chi connectivity index (χ3n) is 4.53. The summed E-state index contributed by atoms with van der Waals surface area (Å²) in [5.74, 6) is 1.81. The summed E-state index contributed by atoms with van der Waals surface area (Å²) < 4.78 is 16.9. The van der Waals surface area contributed by atoms with Crippen molar-refractivity contribution < 1.29 is 18.7 Å². The van der Waals surface area contributed by atoms with Crippen molar-refractivity contribution in [2.45, 2.75) is 0 Å². The van der Waals surface area contributed by atoms with Gasteiger partial charge in [-0.05, 0) is 36.4 Å². The van der Waals surface area contributed by atoms with E-state index in [-0.39, 0.29) is 5.91 Å². The molecule has 31 heavy (non-hydrogen) atoms. The fourth-order valence-corrected chi connectivity index (χ4v) is 4.92. The number of methoxy groups -OCH3 is 2. The zero-order chi connectivity index (χ0) is 22.1. The summed E-state index contributed by atoms with van der Waals surface area (Å²) in [6.07, 6.45) is 1.64. The van der Waals surface area contributed by atoms with Crippen molar-refractivity contribution in [1.82, 2.24) is 0 Å². The highest BCUT2D eigenvalue weighted by Gasteiger charge is 2.35. The molecule has 1 fully saturated rings. The highest BCUT2D eigenvalue weighted by Crippen LogP contribution is 2.42. The number of thioether (sulfide) groups is 1. The Hall–Kier alpha value is -2.45. The lowest BCUT2D eigenvalue weighted by atomic mass is 10.2. The van der Waals surface area contributed by atoms with Gasteiger partial charge in [0, 0.05) is 12.1 Å². The number of anilines is 1. The number of nitrogens with zero attached hydrogens (tertiary/aromatic N) is 1. The topological polar surface area (TPSA) is 51.9 Å². The summed E-state index contributed by atoms with van der Waals surface area (Å²) in [6, 6.07) is 13.9. The Morgan fingerprint density at radius 3 is 2.48 bits per heavy atom. The van der Waals surface area contributed by atoms with Gasteiger partial charge < -0.3 is 13.9 Å². The van der Waals surface area contributed by atoms with Crippen LogP contribution in [0.4, 0.5) is 5.69 Å². The summed E-state index contributed by atoms with van der Waals surface area (Å²) >= 11 is 19.2. The van der Waals surface area contributed by atoms with Crippen LogP contribution in [0.15, 0.2) is 57.9 Å². The minimum Gasteiger partial charge on any atom is -0.497 e. The molecule has 0 spiro atoms. The van der Waals surface area contributed by atoms with Gasteiger partial charge in [-0.2, -0.15) is 0 Å². The zero-order valence-corrected chi connectivity index (χ0v) is 19.5. The number of carbonyl (C=O) groups is 1. The largest absolute Gasteiger partial charge is 0.497 e. The Labute approximate surface area is 198 Å². The number of hydrogen-bond acceptors (Lipinski definition) is 6. The van der Waals surface area contributed by atoms with E-state index in [4.69, 9.17) is 49.3 Å². The molecule has 1 amide bonds. The van der Waals surface area contributed by atoms with Gasteiger partial charge in [0.05, 0.1) is 40.4 Å². The lowest BCUT2D eigenvalue weighted by Gasteiger charge is -2.18. The van der Waals surface area contributed by atoms with Gasteiger partial charge in [-0.1, -0.05) is 53.2 Å². The fraction of sp³-hybridized carbons (Fsp3) is 0.0909. The van der Waals surface area contributed by atoms with E-state index in [0.29, 0.717) is 53.5 Å². The molecule has 5 nitrogen and oxygen atoms in total. The van der Waals surface area contributed by atoms with E-state index in [2.05, 4.69) is 0 Å². The molecule has 0 N–H and O–H groups in total. The number of hydrogen-bond donors (Lipinski definition) is 0. The molecule has 0 atom stereocenters. The van der Waals surface area contributed by atoms with E-state index in [9.17, 15) is 4.79 Å². The molecule has 1 aliphatic rings. The van der Waals surface area contributed by atoms with E-state index in [1.54, 1.807) is 61.7 Å². The van der Waals surface area contributed by atoms with Crippen LogP contribution in [-0.4, -0.2) is 24.4 Å². The maximum absolute atomic E-state index is 13.1. The van der Waals surface area contributed by atoms with Crippen LogP contribution in [0.2, 0.25) is 10.0 Å². The first-order valence-electron chi connectivity index (χ1n) is 8.97. The predicted octanol–water partition coefficient (Wildman–Crippen LogP) is 6.68. The molecule has 0 aliphatic carbocycles. The van der Waals surface area contributed by atoms with Gasteiger partial charge in [-0.3, -0.25) is 9.69 Å². The molecule has 1 aliphatic heterocycles. The van der Waals surface area contributed by atoms with Crippen LogP contribution in [0, 0.1) is 0 Å². The monoisotopic (exact) mass is 491 g/mol. The maximum Gasteiger partial charge on any atom is 0.271 e. The first kappa shape index (κ1) is 21.8. The maximum atomic E-state index is 13.1. The Balaban J connectivity index is 1.65. The second-order valence-electron chi connectivity index (χ2n) is 6.35. The number of halogens is 2. The van der Waals surface area contributed by atoms with Gasteiger partial charge in [0.25, 0.3) is 5.91 Å². The first-order valence-corrected chi connectivity index (χ1v) is 10.9. The quantitative estimate of drug-likeness (QED) is 0.293. The lowest BCUT2D eigenvalue weighted by molar-refractivity contribution is -0.113. The summed E-state index contributed by atoms with van der Waals surface area (Å²) in [4.78, 5) is 15.0. The minimum atomic E-state index is -0.271. The van der Waals surface area contributed by atoms with E-state index < -0.39 is 0 Å². The summed E-state index contributed by atoms with van der Waals surface area (Å²) in [7, 11) is 3.08. The van der Waals surface area contributed by atoms with Gasteiger partial charge in [-0.15, -0.1) is 0 Å². The number of carbonyl (C=O) groups excluding carboxylic acids is 1. The van der Waals surface area contributed by atoms with E-state index in [0.717, 1.165) is 0 Å². The third-order valence-corrected chi connectivity index (χ3v) is 6.46. The van der Waals surface area contributed by atoms with Crippen LogP contribution >= 0.6 is 47.2 Å². The van der Waals surface area contributed by atoms with Crippen LogP contribution in [0.1, 0.15) is 5.76 Å². The summed E-state index contributed by atoms with van der Waals surface area (Å²) in [5, 5.41) is 0.956. The van der Waals surface area contributed by atoms with Crippen molar-refractivity contribution in [2.24, 2.45) is 0 Å². The predicted molar refractivity (Wildman–Crippen MR) is 129 cm³/mol. The standard InChI is InChI=1S/C22H15Cl2NO4S2/c1-27-12-6-8-16(18(10-12)28-2)25-21(26)19(31-22(25)30)11-13-7-9-17(29-13)20-14(23)4-3-5-15(20)24/h3-11H,1-2H3/b19-11+. The molecule has 0 saturated carbocycles. The SMILES string of the molecule is COc1ccc(N2C(=O)/C(=C\c3ccc(-c4c(Cl)cccc4Cl)o3)SC2=S)c(OC)c1. The van der Waals surface area contributed by atoms with Crippen LogP contribution in [0.25, 0.3) is 17.4 Å². The van der Waals surface area contributed by atoms with Crippen molar-refractivity contribution in [3.05, 3.63) is 69.2 Å². The minimum absolute atomic E-state index is 0.271. The molecule has 1 aromatic heterocycles. The number of amides is 1. The Morgan fingerprint density at radius 1 is 1.06 bits per heavy atom. The van der Waals surface area contributed by atoms with Gasteiger partial charge in [0.15, 0.2) is 4.32 Å². The van der Waals surface area contributed by atoms with Gasteiger partial charge in [0.2, 0.25) is 0 Å². The molecular formula is C22H15Cl2NO4S2. The molecule has 0 radical (unpaired) electrons. The van der Waals surface area contributed by atoms with E-state index in [1.807, 2.05) is 0 Å². The number of thiocarbonyl (C=S) groups is 1. The van der Waals surface area contributed by atoms with Crippen LogP contribution in [0.3, 0.4) is 0 Å². The highest BCUT2D eigenvalue weighted by atomic mass is 35.5. The van der Waals surface area contributed by atoms with E-state index >= 15 is 0 Å². The van der Waals surface area contributed by atoms with Crippen molar-refractivity contribution in [3.63, 3.8) is 0 Å². The second-order valence-corrected chi connectivity index (χ2v) is 8.84. The molecule has 2 heterocycles. The number of benzene rings is 2. The van der Waals surface area contributed by atoms with Gasteiger partial charge >= 0.3 is 0 Å². The van der Waals surface area contributed by atoms with Crippen LogP contribution in [0.5, 0.6) is 11.5 Å². The Morgan fingerprint density at radius 2 is 1.81 bits per heavy atom. The Kier molecular flexibility index (Phi) is 6.29. The smallest absolute Gasteiger partial charge is 0.271 e. The molecular weight excluding hydrogens is 477 g/mol. The highest BCUT2D eigenvalue weighted by molar-refractivity contribution is 8.27. The summed E-state index contributed by atoms with van der Waals surface area (Å²) in [6.45, 7) is 0. The van der Waals surface area contributed by atoms with Crippen LogP contribution < -0.4 is 14.4 Å². The molecule has 0 unspecified atom stereocenters. The lowest BCUT2D eigenvalue weighted by Crippen LogP contribution is -2.27. The third kappa shape index (κ3) is 4.19. The van der Waals surface area contributed by atoms with Crippen molar-refractivity contribution in [2.75, 3.05) is 19.1 Å². The number of furan rings is 1. The van der Waals surface area contributed by atoms with Crippen molar-refractivity contribution in [3.8, 4) is 22.8 Å². The molecule has 2 aromatic carbocycles. The molecule has 1 saturated heterocycles. The molecule has 0 bridgehead atoms. The van der Waals surface area contributed by atoms with E-state index in [1.165, 1.54) is 23.8 Å². The molecule has 158 valence electrons. The zero-order valence-electron chi connectivity index (χ0n) is 16.3. The number of ether oxygens (including phenoxy) is 2. The van der Waals surface area contributed by atoms with Crippen molar-refractivity contribution >= 4 is 69.2 Å². The van der Waals surface area contributed by atoms with Gasteiger partial charge in [-0.25, -0.2) is 0 Å². The normalized spacial score (nSPS) is 15.1. The van der Waals surface area contributed by atoms with Crippen molar-refractivity contribution in [1.29, 1.82) is 0 Å². The average molecular weight is 492 g/mol. The number of rotatable bonds is 5. The van der Waals surface area contributed by atoms with Gasteiger partial charge in [0.1, 0.15) is 23.0 Å². The van der Waals surface area contributed by atoms with Crippen LogP contribution in [-0.2, 0) is 4.79 Å². The summed E-state index contributed by atoms with van der Waals surface area (Å²) in [5.41, 5.74) is 1.14. The molecule has 3 aromatic rings. The molecule has 4 rings (SSSR count). The Bertz CT molecular complexity index is 1200. The average Bonchev–Trinajstić information content (AvgIpc) is 3.31. The first-order chi connectivity index (χ1) is 14.9. The molecule has 9 heteroatoms.